The van der Waals surface area contributed by atoms with Gasteiger partial charge in [-0.3, -0.25) is 4.99 Å². The van der Waals surface area contributed by atoms with Crippen LogP contribution in [-0.4, -0.2) is 37.5 Å². The van der Waals surface area contributed by atoms with Crippen LogP contribution in [0.25, 0.3) is 0 Å². The van der Waals surface area contributed by atoms with Crippen LogP contribution >= 0.6 is 35.3 Å². The Bertz CT molecular complexity index is 338. The van der Waals surface area contributed by atoms with E-state index in [1.54, 1.807) is 11.3 Å². The zero-order chi connectivity index (χ0) is 13.2. The Labute approximate surface area is 138 Å². The summed E-state index contributed by atoms with van der Waals surface area (Å²) < 4.78 is 0. The van der Waals surface area contributed by atoms with Gasteiger partial charge in [-0.05, 0) is 24.8 Å². The van der Waals surface area contributed by atoms with Crippen molar-refractivity contribution >= 4 is 41.3 Å². The van der Waals surface area contributed by atoms with Gasteiger partial charge in [0.15, 0.2) is 5.96 Å². The van der Waals surface area contributed by atoms with E-state index < -0.39 is 0 Å². The van der Waals surface area contributed by atoms with Crippen molar-refractivity contribution in [2.24, 2.45) is 4.99 Å². The molecule has 0 aliphatic carbocycles. The molecule has 1 rings (SSSR count). The lowest BCUT2D eigenvalue weighted by atomic mass is 10.3. The zero-order valence-corrected chi connectivity index (χ0v) is 15.3. The fraction of sp³-hybridized carbons (Fsp3) is 0.643. The van der Waals surface area contributed by atoms with Crippen LogP contribution in [0.2, 0.25) is 0 Å². The highest BCUT2D eigenvalue weighted by molar-refractivity contribution is 14.0. The molecule has 0 spiro atoms. The summed E-state index contributed by atoms with van der Waals surface area (Å²) in [5.74, 6) is 1.03. The molecule has 1 N–H and O–H groups in total. The van der Waals surface area contributed by atoms with Crippen LogP contribution < -0.4 is 5.32 Å². The van der Waals surface area contributed by atoms with Crippen molar-refractivity contribution in [1.29, 1.82) is 0 Å². The lowest BCUT2D eigenvalue weighted by molar-refractivity contribution is 0.465. The lowest BCUT2D eigenvalue weighted by Gasteiger charge is -2.21. The third-order valence-corrected chi connectivity index (χ3v) is 3.68. The number of nitrogens with one attached hydrogen (secondary N) is 1. The molecular formula is C14H26IN3S. The van der Waals surface area contributed by atoms with Gasteiger partial charge < -0.3 is 10.2 Å². The molecule has 0 fully saturated rings. The maximum atomic E-state index is 4.68. The van der Waals surface area contributed by atoms with Gasteiger partial charge in [-0.15, -0.1) is 35.3 Å². The van der Waals surface area contributed by atoms with Crippen molar-refractivity contribution in [3.63, 3.8) is 0 Å². The van der Waals surface area contributed by atoms with Crippen molar-refractivity contribution in [2.75, 3.05) is 26.7 Å². The first kappa shape index (κ1) is 18.7. The van der Waals surface area contributed by atoms with Crippen LogP contribution in [0.15, 0.2) is 22.5 Å². The Morgan fingerprint density at radius 1 is 1.42 bits per heavy atom. The summed E-state index contributed by atoms with van der Waals surface area (Å²) >= 11 is 1.81. The average molecular weight is 395 g/mol. The van der Waals surface area contributed by atoms with Gasteiger partial charge in [-0.25, -0.2) is 0 Å². The molecule has 0 unspecified atom stereocenters. The normalized spacial score (nSPS) is 11.0. The number of thiophene rings is 1. The van der Waals surface area contributed by atoms with E-state index in [0.717, 1.165) is 32.0 Å². The van der Waals surface area contributed by atoms with Crippen molar-refractivity contribution in [2.45, 2.75) is 33.1 Å². The summed E-state index contributed by atoms with van der Waals surface area (Å²) in [5.41, 5.74) is 0. The Hall–Kier alpha value is -0.300. The third kappa shape index (κ3) is 7.77. The van der Waals surface area contributed by atoms with E-state index in [9.17, 15) is 0 Å². The molecule has 0 bridgehead atoms. The lowest BCUT2D eigenvalue weighted by Crippen LogP contribution is -2.39. The molecule has 1 heterocycles. The van der Waals surface area contributed by atoms with Gasteiger partial charge in [0.25, 0.3) is 0 Å². The Balaban J connectivity index is 0.00000324. The molecule has 0 aliphatic heterocycles. The van der Waals surface area contributed by atoms with E-state index in [2.05, 4.69) is 53.6 Å². The Morgan fingerprint density at radius 2 is 2.21 bits per heavy atom. The molecule has 0 aliphatic rings. The molecule has 0 atom stereocenters. The summed E-state index contributed by atoms with van der Waals surface area (Å²) in [4.78, 5) is 8.31. The number of guanidine groups is 1. The van der Waals surface area contributed by atoms with Crippen LogP contribution in [-0.2, 0) is 6.42 Å². The van der Waals surface area contributed by atoms with E-state index in [4.69, 9.17) is 0 Å². The molecule has 3 nitrogen and oxygen atoms in total. The molecule has 0 amide bonds. The number of rotatable bonds is 7. The standard InChI is InChI=1S/C14H25N3S.HI/c1-4-6-11-17(3)14(15-5-2)16-10-9-13-8-7-12-18-13;/h7-8,12H,4-6,9-11H2,1-3H3,(H,15,16);1H. The fourth-order valence-electron chi connectivity index (χ4n) is 1.70. The summed E-state index contributed by atoms with van der Waals surface area (Å²) in [6.45, 7) is 7.19. The highest BCUT2D eigenvalue weighted by Crippen LogP contribution is 2.08. The summed E-state index contributed by atoms with van der Waals surface area (Å²) in [6, 6.07) is 4.27. The Morgan fingerprint density at radius 3 is 2.79 bits per heavy atom. The molecule has 0 saturated carbocycles. The minimum Gasteiger partial charge on any atom is -0.357 e. The predicted molar refractivity (Wildman–Crippen MR) is 97.0 cm³/mol. The summed E-state index contributed by atoms with van der Waals surface area (Å²) in [5, 5.41) is 5.47. The van der Waals surface area contributed by atoms with Crippen LogP contribution in [0.4, 0.5) is 0 Å². The molecule has 1 aromatic rings. The number of unbranched alkanes of at least 4 members (excludes halogenated alkanes) is 1. The molecule has 5 heteroatoms. The second kappa shape index (κ2) is 11.5. The maximum Gasteiger partial charge on any atom is 0.193 e. The van der Waals surface area contributed by atoms with Gasteiger partial charge in [-0.2, -0.15) is 0 Å². The van der Waals surface area contributed by atoms with Crippen molar-refractivity contribution in [1.82, 2.24) is 10.2 Å². The number of hydrogen-bond donors (Lipinski definition) is 1. The van der Waals surface area contributed by atoms with Gasteiger partial charge in [-0.1, -0.05) is 19.4 Å². The van der Waals surface area contributed by atoms with Crippen LogP contribution in [0, 0.1) is 0 Å². The minimum absolute atomic E-state index is 0. The number of halogens is 1. The third-order valence-electron chi connectivity index (χ3n) is 2.74. The number of aliphatic imine (C=N–C) groups is 1. The zero-order valence-electron chi connectivity index (χ0n) is 12.2. The molecule has 1 aromatic heterocycles. The van der Waals surface area contributed by atoms with Crippen molar-refractivity contribution in [3.8, 4) is 0 Å². The van der Waals surface area contributed by atoms with Gasteiger partial charge in [0, 0.05) is 38.0 Å². The summed E-state index contributed by atoms with van der Waals surface area (Å²) in [6.07, 6.45) is 3.47. The van der Waals surface area contributed by atoms with Gasteiger partial charge >= 0.3 is 0 Å². The quantitative estimate of drug-likeness (QED) is 0.434. The van der Waals surface area contributed by atoms with Gasteiger partial charge in [0.1, 0.15) is 0 Å². The Kier molecular flexibility index (Phi) is 11.3. The highest BCUT2D eigenvalue weighted by Gasteiger charge is 2.04. The first-order valence-corrected chi connectivity index (χ1v) is 7.67. The number of hydrogen-bond acceptors (Lipinski definition) is 2. The fourth-order valence-corrected chi connectivity index (χ4v) is 2.40. The molecular weight excluding hydrogens is 369 g/mol. The second-order valence-electron chi connectivity index (χ2n) is 4.34. The topological polar surface area (TPSA) is 27.6 Å². The van der Waals surface area contributed by atoms with Crippen LogP contribution in [0.5, 0.6) is 0 Å². The van der Waals surface area contributed by atoms with Crippen molar-refractivity contribution in [3.05, 3.63) is 22.4 Å². The monoisotopic (exact) mass is 395 g/mol. The molecule has 110 valence electrons. The van der Waals surface area contributed by atoms with E-state index in [-0.39, 0.29) is 24.0 Å². The van der Waals surface area contributed by atoms with E-state index in [1.165, 1.54) is 17.7 Å². The predicted octanol–water partition coefficient (Wildman–Crippen LogP) is 3.61. The van der Waals surface area contributed by atoms with Gasteiger partial charge in [0.05, 0.1) is 0 Å². The molecule has 0 saturated heterocycles. The first-order chi connectivity index (χ1) is 8.77. The highest BCUT2D eigenvalue weighted by atomic mass is 127. The summed E-state index contributed by atoms with van der Waals surface area (Å²) in [7, 11) is 2.11. The molecule has 0 radical (unpaired) electrons. The van der Waals surface area contributed by atoms with Gasteiger partial charge in [0.2, 0.25) is 0 Å². The second-order valence-corrected chi connectivity index (χ2v) is 5.37. The van der Waals surface area contributed by atoms with Crippen LogP contribution in [0.1, 0.15) is 31.6 Å². The average Bonchev–Trinajstić information content (AvgIpc) is 2.88. The largest absolute Gasteiger partial charge is 0.357 e. The SMILES string of the molecule is CCCCN(C)C(=NCCc1cccs1)NCC.I. The van der Waals surface area contributed by atoms with E-state index in [1.807, 2.05) is 0 Å². The van der Waals surface area contributed by atoms with Crippen LogP contribution in [0.3, 0.4) is 0 Å². The number of nitrogens with zero attached hydrogens (tertiary/aromatic N) is 2. The minimum atomic E-state index is 0. The first-order valence-electron chi connectivity index (χ1n) is 6.79. The maximum absolute atomic E-state index is 4.68. The smallest absolute Gasteiger partial charge is 0.193 e. The van der Waals surface area contributed by atoms with Crippen molar-refractivity contribution < 1.29 is 0 Å². The molecule has 0 aromatic carbocycles. The van der Waals surface area contributed by atoms with E-state index in [0.29, 0.717) is 0 Å². The van der Waals surface area contributed by atoms with E-state index >= 15 is 0 Å². The molecule has 19 heavy (non-hydrogen) atoms.